The van der Waals surface area contributed by atoms with Crippen LogP contribution in [0.15, 0.2) is 21.4 Å². The smallest absolute Gasteiger partial charge is 0.169 e. The van der Waals surface area contributed by atoms with Crippen LogP contribution in [-0.4, -0.2) is 40.4 Å². The Morgan fingerprint density at radius 2 is 2.40 bits per heavy atom. The average molecular weight is 276 g/mol. The number of hydrogen-bond acceptors (Lipinski definition) is 4. The summed E-state index contributed by atoms with van der Waals surface area (Å²) in [6.45, 7) is 1.90. The molecule has 1 fully saturated rings. The van der Waals surface area contributed by atoms with Crippen molar-refractivity contribution in [1.29, 1.82) is 0 Å². The lowest BCUT2D eigenvalue weighted by atomic mass is 10.1. The predicted molar refractivity (Wildman–Crippen MR) is 58.3 cm³/mol. The van der Waals surface area contributed by atoms with Crippen LogP contribution in [0.5, 0.6) is 0 Å². The molecule has 1 aromatic heterocycles. The Morgan fingerprint density at radius 1 is 1.60 bits per heavy atom. The number of furan rings is 1. The number of nitrogens with zero attached hydrogens (tertiary/aromatic N) is 1. The first-order valence-corrected chi connectivity index (χ1v) is 5.69. The van der Waals surface area contributed by atoms with E-state index in [1.807, 2.05) is 6.07 Å². The number of β-amino-alcohol motifs (C(OH)–C–C–N with tert-alkyl or cyclic N) is 1. The second kappa shape index (κ2) is 4.25. The fourth-order valence-electron chi connectivity index (χ4n) is 1.89. The normalized spacial score (nSPS) is 27.4. The third-order valence-electron chi connectivity index (χ3n) is 2.73. The Bertz CT molecular complexity index is 341. The Kier molecular flexibility index (Phi) is 3.16. The number of rotatable bonds is 3. The van der Waals surface area contributed by atoms with Crippen molar-refractivity contribution in [2.75, 3.05) is 19.7 Å². The van der Waals surface area contributed by atoms with Gasteiger partial charge in [0.25, 0.3) is 0 Å². The summed E-state index contributed by atoms with van der Waals surface area (Å²) in [5, 5.41) is 18.8. The molecule has 0 spiro atoms. The van der Waals surface area contributed by atoms with E-state index < -0.39 is 5.60 Å². The summed E-state index contributed by atoms with van der Waals surface area (Å²) in [6.07, 6.45) is 2.32. The highest BCUT2D eigenvalue weighted by molar-refractivity contribution is 9.10. The van der Waals surface area contributed by atoms with Gasteiger partial charge in [-0.15, -0.1) is 0 Å². The molecule has 1 atom stereocenters. The minimum atomic E-state index is -0.916. The van der Waals surface area contributed by atoms with Crippen LogP contribution in [0, 0.1) is 0 Å². The van der Waals surface area contributed by atoms with Gasteiger partial charge in [0.15, 0.2) is 4.67 Å². The summed E-state index contributed by atoms with van der Waals surface area (Å²) >= 11 is 3.24. The van der Waals surface area contributed by atoms with Gasteiger partial charge in [-0.25, -0.2) is 0 Å². The van der Waals surface area contributed by atoms with E-state index in [9.17, 15) is 5.11 Å². The van der Waals surface area contributed by atoms with Crippen LogP contribution in [0.1, 0.15) is 12.0 Å². The number of halogens is 1. The molecule has 4 nitrogen and oxygen atoms in total. The van der Waals surface area contributed by atoms with Gasteiger partial charge in [-0.1, -0.05) is 0 Å². The molecule has 0 amide bonds. The summed E-state index contributed by atoms with van der Waals surface area (Å²) in [4.78, 5) is 2.10. The first-order valence-electron chi connectivity index (χ1n) is 4.90. The molecule has 2 N–H and O–H groups in total. The Hall–Kier alpha value is -0.360. The molecule has 2 rings (SSSR count). The number of likely N-dealkylation sites (tertiary alicyclic amines) is 1. The Labute approximate surface area is 96.6 Å². The second-order valence-electron chi connectivity index (χ2n) is 4.10. The van der Waals surface area contributed by atoms with Crippen LogP contribution >= 0.6 is 15.9 Å². The summed E-state index contributed by atoms with van der Waals surface area (Å²) in [5.74, 6) is 0. The maximum absolute atomic E-state index is 9.83. The highest BCUT2D eigenvalue weighted by Gasteiger charge is 2.35. The van der Waals surface area contributed by atoms with Gasteiger partial charge in [-0.05, 0) is 28.4 Å². The first-order chi connectivity index (χ1) is 7.11. The van der Waals surface area contributed by atoms with Crippen molar-refractivity contribution in [2.45, 2.75) is 18.6 Å². The van der Waals surface area contributed by atoms with Crippen molar-refractivity contribution >= 4 is 15.9 Å². The molecule has 1 aliphatic heterocycles. The van der Waals surface area contributed by atoms with Crippen LogP contribution < -0.4 is 0 Å². The SMILES string of the molecule is OCC1(O)CCN(Cc2coc(Br)c2)C1. The molecule has 84 valence electrons. The van der Waals surface area contributed by atoms with Crippen molar-refractivity contribution in [3.8, 4) is 0 Å². The summed E-state index contributed by atoms with van der Waals surface area (Å²) in [5.41, 5.74) is 0.158. The van der Waals surface area contributed by atoms with Gasteiger partial charge in [0.1, 0.15) is 5.60 Å². The average Bonchev–Trinajstić information content (AvgIpc) is 2.76. The van der Waals surface area contributed by atoms with Crippen LogP contribution in [-0.2, 0) is 6.54 Å². The quantitative estimate of drug-likeness (QED) is 0.863. The van der Waals surface area contributed by atoms with Crippen molar-refractivity contribution in [3.05, 3.63) is 22.6 Å². The minimum Gasteiger partial charge on any atom is -0.457 e. The highest BCUT2D eigenvalue weighted by Crippen LogP contribution is 2.23. The van der Waals surface area contributed by atoms with Gasteiger partial charge in [0.05, 0.1) is 12.9 Å². The molecule has 1 aromatic rings. The van der Waals surface area contributed by atoms with Crippen molar-refractivity contribution in [1.82, 2.24) is 4.90 Å². The number of aliphatic hydroxyl groups is 2. The molecular formula is C10H14BrNO3. The molecule has 0 saturated carbocycles. The van der Waals surface area contributed by atoms with Crippen LogP contribution in [0.25, 0.3) is 0 Å². The maximum atomic E-state index is 9.83. The third kappa shape index (κ3) is 2.60. The van der Waals surface area contributed by atoms with E-state index in [0.29, 0.717) is 17.6 Å². The summed E-state index contributed by atoms with van der Waals surface area (Å²) < 4.78 is 5.85. The van der Waals surface area contributed by atoms with Crippen LogP contribution in [0.4, 0.5) is 0 Å². The van der Waals surface area contributed by atoms with Gasteiger partial charge in [0.2, 0.25) is 0 Å². The Morgan fingerprint density at radius 3 is 2.93 bits per heavy atom. The molecule has 1 saturated heterocycles. The van der Waals surface area contributed by atoms with Gasteiger partial charge in [-0.3, -0.25) is 4.90 Å². The largest absolute Gasteiger partial charge is 0.457 e. The molecule has 1 unspecified atom stereocenters. The molecule has 2 heterocycles. The molecule has 0 bridgehead atoms. The van der Waals surface area contributed by atoms with Crippen molar-refractivity contribution in [3.63, 3.8) is 0 Å². The zero-order valence-electron chi connectivity index (χ0n) is 8.32. The van der Waals surface area contributed by atoms with Crippen LogP contribution in [0.2, 0.25) is 0 Å². The van der Waals surface area contributed by atoms with E-state index in [1.165, 1.54) is 0 Å². The Balaban J connectivity index is 1.92. The monoisotopic (exact) mass is 275 g/mol. The van der Waals surface area contributed by atoms with E-state index in [4.69, 9.17) is 9.52 Å². The zero-order chi connectivity index (χ0) is 10.9. The standard InChI is InChI=1S/C10H14BrNO3/c11-9-3-8(5-15-9)4-12-2-1-10(14,6-12)7-13/h3,5,13-14H,1-2,4,6-7H2. The van der Waals surface area contributed by atoms with Crippen molar-refractivity contribution < 1.29 is 14.6 Å². The van der Waals surface area contributed by atoms with Gasteiger partial charge in [0, 0.05) is 25.2 Å². The van der Waals surface area contributed by atoms with Crippen LogP contribution in [0.3, 0.4) is 0 Å². The molecule has 0 radical (unpaired) electrons. The minimum absolute atomic E-state index is 0.168. The number of aliphatic hydroxyl groups excluding tert-OH is 1. The lowest BCUT2D eigenvalue weighted by molar-refractivity contribution is -0.00581. The maximum Gasteiger partial charge on any atom is 0.169 e. The van der Waals surface area contributed by atoms with Crippen molar-refractivity contribution in [2.24, 2.45) is 0 Å². The second-order valence-corrected chi connectivity index (χ2v) is 4.88. The third-order valence-corrected chi connectivity index (χ3v) is 3.15. The van der Waals surface area contributed by atoms with E-state index in [-0.39, 0.29) is 6.61 Å². The topological polar surface area (TPSA) is 56.8 Å². The fraction of sp³-hybridized carbons (Fsp3) is 0.600. The summed E-state index contributed by atoms with van der Waals surface area (Å²) in [7, 11) is 0. The molecular weight excluding hydrogens is 262 g/mol. The van der Waals surface area contributed by atoms with Gasteiger partial charge < -0.3 is 14.6 Å². The molecule has 0 aliphatic carbocycles. The lowest BCUT2D eigenvalue weighted by Crippen LogP contribution is -2.36. The van der Waals surface area contributed by atoms with E-state index in [0.717, 1.165) is 18.7 Å². The predicted octanol–water partition coefficient (Wildman–Crippen LogP) is 0.971. The van der Waals surface area contributed by atoms with E-state index in [2.05, 4.69) is 20.8 Å². The highest BCUT2D eigenvalue weighted by atomic mass is 79.9. The fourth-order valence-corrected chi connectivity index (χ4v) is 2.28. The first kappa shape index (κ1) is 11.1. The van der Waals surface area contributed by atoms with E-state index in [1.54, 1.807) is 6.26 Å². The van der Waals surface area contributed by atoms with E-state index >= 15 is 0 Å². The molecule has 0 aromatic carbocycles. The van der Waals surface area contributed by atoms with Gasteiger partial charge >= 0.3 is 0 Å². The van der Waals surface area contributed by atoms with Gasteiger partial charge in [-0.2, -0.15) is 0 Å². The molecule has 5 heteroatoms. The molecule has 15 heavy (non-hydrogen) atoms. The molecule has 1 aliphatic rings. The zero-order valence-corrected chi connectivity index (χ0v) is 9.90. The number of hydrogen-bond donors (Lipinski definition) is 2. The summed E-state index contributed by atoms with van der Waals surface area (Å²) in [6, 6.07) is 1.91. The lowest BCUT2D eigenvalue weighted by Gasteiger charge is -2.20.